The second-order valence-corrected chi connectivity index (χ2v) is 7.07. The van der Waals surface area contributed by atoms with Crippen molar-refractivity contribution in [3.8, 4) is 28.3 Å². The zero-order chi connectivity index (χ0) is 20.7. The Kier molecular flexibility index (Phi) is 4.58. The molecule has 148 valence electrons. The van der Waals surface area contributed by atoms with Crippen LogP contribution in [-0.2, 0) is 0 Å². The maximum absolute atomic E-state index is 13.3. The van der Waals surface area contributed by atoms with E-state index in [0.29, 0.717) is 33.5 Å². The van der Waals surface area contributed by atoms with Crippen LogP contribution in [-0.4, -0.2) is 27.4 Å². The number of H-pyrrole nitrogens is 1. The first-order chi connectivity index (χ1) is 13.8. The number of carbonyl (C=O) groups is 1. The van der Waals surface area contributed by atoms with Gasteiger partial charge in [-0.3, -0.25) is 5.10 Å². The number of furan rings is 1. The Bertz CT molecular complexity index is 1210. The second-order valence-electron chi connectivity index (χ2n) is 7.07. The van der Waals surface area contributed by atoms with Gasteiger partial charge in [-0.25, -0.2) is 9.18 Å². The molecule has 0 spiro atoms. The lowest BCUT2D eigenvalue weighted by molar-refractivity contribution is 0.0699. The maximum atomic E-state index is 13.3. The summed E-state index contributed by atoms with van der Waals surface area (Å²) in [6, 6.07) is 10.8. The molecule has 2 heterocycles. The Balaban J connectivity index is 1.99. The Labute approximate surface area is 165 Å². The minimum Gasteiger partial charge on any atom is -0.490 e. The van der Waals surface area contributed by atoms with Crippen LogP contribution in [0.4, 0.5) is 4.39 Å². The number of aromatic nitrogens is 2. The quantitative estimate of drug-likeness (QED) is 0.472. The highest BCUT2D eigenvalue weighted by Crippen LogP contribution is 2.40. The third kappa shape index (κ3) is 3.47. The van der Waals surface area contributed by atoms with E-state index in [-0.39, 0.29) is 17.4 Å². The number of nitrogens with one attached hydrogen (secondary N) is 1. The Morgan fingerprint density at radius 2 is 1.93 bits per heavy atom. The van der Waals surface area contributed by atoms with Gasteiger partial charge in [0.05, 0.1) is 11.8 Å². The SMILES string of the molecule is Cc1cc(-c2cc3oc(-c4ccc(F)cc4)c(C(=O)O)c3cc2OC(C)C)n[nH]1. The first-order valence-electron chi connectivity index (χ1n) is 9.12. The largest absolute Gasteiger partial charge is 0.490 e. The van der Waals surface area contributed by atoms with Gasteiger partial charge in [-0.15, -0.1) is 0 Å². The van der Waals surface area contributed by atoms with E-state index in [9.17, 15) is 14.3 Å². The molecule has 0 atom stereocenters. The number of ether oxygens (including phenoxy) is 1. The number of benzene rings is 2. The molecule has 4 aromatic rings. The van der Waals surface area contributed by atoms with Gasteiger partial charge in [0, 0.05) is 22.2 Å². The van der Waals surface area contributed by atoms with E-state index in [0.717, 1.165) is 5.69 Å². The molecule has 0 aliphatic heterocycles. The van der Waals surface area contributed by atoms with E-state index in [1.807, 2.05) is 26.8 Å². The summed E-state index contributed by atoms with van der Waals surface area (Å²) in [5, 5.41) is 17.4. The molecule has 29 heavy (non-hydrogen) atoms. The molecular weight excluding hydrogens is 375 g/mol. The minimum absolute atomic E-state index is 0.00460. The second kappa shape index (κ2) is 7.09. The average Bonchev–Trinajstić information content (AvgIpc) is 3.24. The summed E-state index contributed by atoms with van der Waals surface area (Å²) in [7, 11) is 0. The van der Waals surface area contributed by atoms with Crippen LogP contribution in [0.2, 0.25) is 0 Å². The number of aromatic carboxylic acids is 1. The minimum atomic E-state index is -1.14. The fourth-order valence-electron chi connectivity index (χ4n) is 3.25. The Hall–Kier alpha value is -3.61. The van der Waals surface area contributed by atoms with E-state index in [2.05, 4.69) is 10.2 Å². The molecule has 4 rings (SSSR count). The Morgan fingerprint density at radius 3 is 2.52 bits per heavy atom. The molecule has 0 saturated heterocycles. The predicted octanol–water partition coefficient (Wildman–Crippen LogP) is 5.42. The smallest absolute Gasteiger partial charge is 0.340 e. The van der Waals surface area contributed by atoms with E-state index in [1.165, 1.54) is 24.3 Å². The maximum Gasteiger partial charge on any atom is 0.340 e. The molecule has 0 aliphatic carbocycles. The number of carboxylic acids is 1. The van der Waals surface area contributed by atoms with Crippen LogP contribution < -0.4 is 4.74 Å². The van der Waals surface area contributed by atoms with Crippen molar-refractivity contribution in [2.75, 3.05) is 0 Å². The van der Waals surface area contributed by atoms with Crippen LogP contribution in [0.25, 0.3) is 33.6 Å². The summed E-state index contributed by atoms with van der Waals surface area (Å²) in [6.07, 6.45) is -0.122. The fourth-order valence-corrected chi connectivity index (χ4v) is 3.25. The molecule has 2 N–H and O–H groups in total. The molecule has 6 nitrogen and oxygen atoms in total. The van der Waals surface area contributed by atoms with Crippen molar-refractivity contribution in [3.63, 3.8) is 0 Å². The van der Waals surface area contributed by atoms with Gasteiger partial charge in [0.25, 0.3) is 0 Å². The summed E-state index contributed by atoms with van der Waals surface area (Å²) >= 11 is 0. The van der Waals surface area contributed by atoms with Crippen LogP contribution in [0.3, 0.4) is 0 Å². The molecule has 0 aliphatic rings. The lowest BCUT2D eigenvalue weighted by atomic mass is 10.0. The molecule has 0 amide bonds. The van der Waals surface area contributed by atoms with Gasteiger partial charge in [-0.05, 0) is 63.2 Å². The lowest BCUT2D eigenvalue weighted by Crippen LogP contribution is -2.07. The highest BCUT2D eigenvalue weighted by Gasteiger charge is 2.24. The number of halogens is 1. The summed E-state index contributed by atoms with van der Waals surface area (Å²) in [5.74, 6) is -0.876. The number of aryl methyl sites for hydroxylation is 1. The van der Waals surface area contributed by atoms with E-state index >= 15 is 0 Å². The summed E-state index contributed by atoms with van der Waals surface area (Å²) in [6.45, 7) is 5.67. The topological polar surface area (TPSA) is 88.3 Å². The standard InChI is InChI=1S/C22H19FN2O4/c1-11(2)28-18-10-16-19(9-15(18)17-8-12(3)24-25-17)29-21(20(16)22(26)27)13-4-6-14(23)7-5-13/h4-11H,1-3H3,(H,24,25)(H,26,27). The van der Waals surface area contributed by atoms with Gasteiger partial charge in [-0.2, -0.15) is 5.10 Å². The van der Waals surface area contributed by atoms with Crippen LogP contribution >= 0.6 is 0 Å². The van der Waals surface area contributed by atoms with Gasteiger partial charge in [0.2, 0.25) is 0 Å². The van der Waals surface area contributed by atoms with Crippen LogP contribution in [0.5, 0.6) is 5.75 Å². The summed E-state index contributed by atoms with van der Waals surface area (Å²) in [5.41, 5.74) is 3.10. The molecule has 7 heteroatoms. The summed E-state index contributed by atoms with van der Waals surface area (Å²) < 4.78 is 25.2. The number of carboxylic acid groups (broad SMARTS) is 1. The van der Waals surface area contributed by atoms with Crippen LogP contribution in [0.15, 0.2) is 46.9 Å². The van der Waals surface area contributed by atoms with Gasteiger partial charge >= 0.3 is 5.97 Å². The molecule has 2 aromatic carbocycles. The fraction of sp³-hybridized carbons (Fsp3) is 0.182. The Morgan fingerprint density at radius 1 is 1.21 bits per heavy atom. The first-order valence-corrected chi connectivity index (χ1v) is 9.12. The zero-order valence-electron chi connectivity index (χ0n) is 16.1. The average molecular weight is 394 g/mol. The third-order valence-electron chi connectivity index (χ3n) is 4.46. The number of fused-ring (bicyclic) bond motifs is 1. The van der Waals surface area contributed by atoms with Crippen molar-refractivity contribution in [3.05, 3.63) is 59.5 Å². The van der Waals surface area contributed by atoms with Gasteiger partial charge in [0.15, 0.2) is 0 Å². The van der Waals surface area contributed by atoms with Gasteiger partial charge < -0.3 is 14.3 Å². The highest BCUT2D eigenvalue weighted by atomic mass is 19.1. The monoisotopic (exact) mass is 394 g/mol. The molecule has 0 bridgehead atoms. The van der Waals surface area contributed by atoms with Crippen molar-refractivity contribution in [2.45, 2.75) is 26.9 Å². The van der Waals surface area contributed by atoms with Crippen molar-refractivity contribution >= 4 is 16.9 Å². The van der Waals surface area contributed by atoms with Crippen molar-refractivity contribution < 1.29 is 23.4 Å². The first kappa shape index (κ1) is 18.7. The highest BCUT2D eigenvalue weighted by molar-refractivity contribution is 6.09. The van der Waals surface area contributed by atoms with E-state index in [4.69, 9.17) is 9.15 Å². The van der Waals surface area contributed by atoms with Gasteiger partial charge in [0.1, 0.15) is 28.5 Å². The molecule has 0 radical (unpaired) electrons. The van der Waals surface area contributed by atoms with Crippen LogP contribution in [0, 0.1) is 12.7 Å². The zero-order valence-corrected chi connectivity index (χ0v) is 16.1. The van der Waals surface area contributed by atoms with Crippen molar-refractivity contribution in [2.24, 2.45) is 0 Å². The van der Waals surface area contributed by atoms with Gasteiger partial charge in [-0.1, -0.05) is 0 Å². The molecule has 2 aromatic heterocycles. The number of hydrogen-bond acceptors (Lipinski definition) is 4. The van der Waals surface area contributed by atoms with Crippen LogP contribution in [0.1, 0.15) is 29.9 Å². The number of rotatable bonds is 5. The number of aromatic amines is 1. The van der Waals surface area contributed by atoms with E-state index in [1.54, 1.807) is 12.1 Å². The predicted molar refractivity (Wildman–Crippen MR) is 107 cm³/mol. The molecule has 0 saturated carbocycles. The molecular formula is C22H19FN2O4. The number of hydrogen-bond donors (Lipinski definition) is 2. The lowest BCUT2D eigenvalue weighted by Gasteiger charge is -2.13. The van der Waals surface area contributed by atoms with E-state index < -0.39 is 11.8 Å². The third-order valence-corrected chi connectivity index (χ3v) is 4.46. The normalized spacial score (nSPS) is 11.3. The number of nitrogens with zero attached hydrogens (tertiary/aromatic N) is 1. The van der Waals surface area contributed by atoms with Crippen molar-refractivity contribution in [1.29, 1.82) is 0 Å². The summed E-state index contributed by atoms with van der Waals surface area (Å²) in [4.78, 5) is 12.0. The van der Waals surface area contributed by atoms with Crippen molar-refractivity contribution in [1.82, 2.24) is 10.2 Å². The molecule has 0 fully saturated rings. The molecule has 0 unspecified atom stereocenters.